The molecule has 1 aliphatic rings. The smallest absolute Gasteiger partial charge is 0.203 e. The average Bonchev–Trinajstić information content (AvgIpc) is 3.08. The van der Waals surface area contributed by atoms with E-state index in [1.165, 1.54) is 31.7 Å². The molecule has 0 saturated heterocycles. The third kappa shape index (κ3) is 2.94. The Morgan fingerprint density at radius 3 is 2.71 bits per heavy atom. The Hall–Kier alpha value is -1.84. The molecular formula is C17H22FN3. The van der Waals surface area contributed by atoms with Gasteiger partial charge in [0, 0.05) is 17.8 Å². The summed E-state index contributed by atoms with van der Waals surface area (Å²) in [6, 6.07) is 7.33. The van der Waals surface area contributed by atoms with Crippen LogP contribution in [0, 0.1) is 12.7 Å². The molecule has 112 valence electrons. The number of aromatic nitrogens is 2. The van der Waals surface area contributed by atoms with Crippen molar-refractivity contribution >= 4 is 5.95 Å². The number of hydrogen-bond donors (Lipinski definition) is 1. The van der Waals surface area contributed by atoms with Gasteiger partial charge in [0.15, 0.2) is 0 Å². The molecule has 0 bridgehead atoms. The summed E-state index contributed by atoms with van der Waals surface area (Å²) in [5.41, 5.74) is 1.68. The van der Waals surface area contributed by atoms with Crippen molar-refractivity contribution in [2.75, 3.05) is 5.32 Å². The van der Waals surface area contributed by atoms with Crippen molar-refractivity contribution in [3.05, 3.63) is 47.5 Å². The van der Waals surface area contributed by atoms with E-state index in [4.69, 9.17) is 0 Å². The molecule has 0 aliphatic heterocycles. The maximum atomic E-state index is 13.9. The molecule has 3 nitrogen and oxygen atoms in total. The fraction of sp³-hybridized carbons (Fsp3) is 0.471. The van der Waals surface area contributed by atoms with Gasteiger partial charge in [-0.25, -0.2) is 9.37 Å². The average molecular weight is 287 g/mol. The molecule has 3 rings (SSSR count). The van der Waals surface area contributed by atoms with E-state index in [1.54, 1.807) is 6.07 Å². The molecule has 0 spiro atoms. The van der Waals surface area contributed by atoms with Crippen LogP contribution in [-0.2, 0) is 0 Å². The van der Waals surface area contributed by atoms with Crippen molar-refractivity contribution in [3.8, 4) is 0 Å². The minimum absolute atomic E-state index is 0.104. The summed E-state index contributed by atoms with van der Waals surface area (Å²) >= 11 is 0. The van der Waals surface area contributed by atoms with Gasteiger partial charge in [-0.3, -0.25) is 0 Å². The Balaban J connectivity index is 1.83. The molecule has 1 aliphatic carbocycles. The van der Waals surface area contributed by atoms with Crippen LogP contribution in [0.3, 0.4) is 0 Å². The van der Waals surface area contributed by atoms with Gasteiger partial charge < -0.3 is 9.88 Å². The highest BCUT2D eigenvalue weighted by Gasteiger charge is 2.21. The first-order valence-electron chi connectivity index (χ1n) is 7.71. The third-order valence-electron chi connectivity index (χ3n) is 4.29. The zero-order valence-corrected chi connectivity index (χ0v) is 12.6. The molecule has 4 heteroatoms. The van der Waals surface area contributed by atoms with Crippen LogP contribution in [0.15, 0.2) is 30.5 Å². The highest BCUT2D eigenvalue weighted by molar-refractivity contribution is 5.35. The summed E-state index contributed by atoms with van der Waals surface area (Å²) in [6.07, 6.45) is 7.08. The quantitative estimate of drug-likeness (QED) is 0.889. The van der Waals surface area contributed by atoms with Gasteiger partial charge in [0.1, 0.15) is 5.82 Å². The lowest BCUT2D eigenvalue weighted by atomic mass is 10.1. The van der Waals surface area contributed by atoms with Crippen LogP contribution in [0.2, 0.25) is 0 Å². The molecule has 2 aromatic rings. The minimum Gasteiger partial charge on any atom is -0.349 e. The Kier molecular flexibility index (Phi) is 3.95. The monoisotopic (exact) mass is 287 g/mol. The minimum atomic E-state index is -0.173. The molecule has 21 heavy (non-hydrogen) atoms. The SMILES string of the molecule is Cc1cn(C2CCCC2)c(NC(C)c2ccccc2F)n1. The summed E-state index contributed by atoms with van der Waals surface area (Å²) in [5, 5.41) is 3.38. The van der Waals surface area contributed by atoms with E-state index in [-0.39, 0.29) is 11.9 Å². The Morgan fingerprint density at radius 2 is 2.00 bits per heavy atom. The summed E-state index contributed by atoms with van der Waals surface area (Å²) < 4.78 is 16.1. The molecule has 1 N–H and O–H groups in total. The van der Waals surface area contributed by atoms with Gasteiger partial charge in [-0.2, -0.15) is 0 Å². The fourth-order valence-corrected chi connectivity index (χ4v) is 3.18. The Morgan fingerprint density at radius 1 is 1.29 bits per heavy atom. The number of anilines is 1. The summed E-state index contributed by atoms with van der Waals surface area (Å²) in [7, 11) is 0. The number of benzene rings is 1. The maximum absolute atomic E-state index is 13.9. The number of imidazole rings is 1. The van der Waals surface area contributed by atoms with E-state index in [9.17, 15) is 4.39 Å². The van der Waals surface area contributed by atoms with Crippen LogP contribution in [0.25, 0.3) is 0 Å². The van der Waals surface area contributed by atoms with Gasteiger partial charge in [-0.1, -0.05) is 31.0 Å². The highest BCUT2D eigenvalue weighted by Crippen LogP contribution is 2.33. The van der Waals surface area contributed by atoms with Crippen molar-refractivity contribution in [3.63, 3.8) is 0 Å². The second kappa shape index (κ2) is 5.88. The Labute approximate surface area is 125 Å². The molecule has 1 atom stereocenters. The van der Waals surface area contributed by atoms with Crippen LogP contribution < -0.4 is 5.32 Å². The second-order valence-electron chi connectivity index (χ2n) is 5.94. The van der Waals surface area contributed by atoms with E-state index in [2.05, 4.69) is 21.1 Å². The fourth-order valence-electron chi connectivity index (χ4n) is 3.18. The van der Waals surface area contributed by atoms with Gasteiger partial charge in [-0.05, 0) is 32.8 Å². The van der Waals surface area contributed by atoms with Gasteiger partial charge in [0.2, 0.25) is 5.95 Å². The molecule has 0 amide bonds. The number of hydrogen-bond acceptors (Lipinski definition) is 2. The molecule has 0 radical (unpaired) electrons. The second-order valence-corrected chi connectivity index (χ2v) is 5.94. The molecule has 1 unspecified atom stereocenters. The zero-order valence-electron chi connectivity index (χ0n) is 12.6. The van der Waals surface area contributed by atoms with Crippen molar-refractivity contribution < 1.29 is 4.39 Å². The van der Waals surface area contributed by atoms with Gasteiger partial charge >= 0.3 is 0 Å². The van der Waals surface area contributed by atoms with E-state index in [0.29, 0.717) is 11.6 Å². The Bertz CT molecular complexity index is 614. The van der Waals surface area contributed by atoms with Crippen molar-refractivity contribution in [1.29, 1.82) is 0 Å². The number of rotatable bonds is 4. The number of aryl methyl sites for hydroxylation is 1. The highest BCUT2D eigenvalue weighted by atomic mass is 19.1. The van der Waals surface area contributed by atoms with E-state index < -0.39 is 0 Å². The first-order valence-corrected chi connectivity index (χ1v) is 7.71. The van der Waals surface area contributed by atoms with Crippen molar-refractivity contribution in [2.24, 2.45) is 0 Å². The van der Waals surface area contributed by atoms with Gasteiger partial charge in [0.25, 0.3) is 0 Å². The molecule has 1 heterocycles. The lowest BCUT2D eigenvalue weighted by molar-refractivity contribution is 0.519. The molecule has 1 fully saturated rings. The van der Waals surface area contributed by atoms with Gasteiger partial charge in [-0.15, -0.1) is 0 Å². The predicted molar refractivity (Wildman–Crippen MR) is 82.9 cm³/mol. The molecule has 1 aromatic carbocycles. The van der Waals surface area contributed by atoms with Crippen molar-refractivity contribution in [2.45, 2.75) is 51.6 Å². The standard InChI is InChI=1S/C17H22FN3/c1-12-11-21(14-7-3-4-8-14)17(19-12)20-13(2)15-9-5-6-10-16(15)18/h5-6,9-11,13-14H,3-4,7-8H2,1-2H3,(H,19,20). The first-order chi connectivity index (χ1) is 10.1. The summed E-state index contributed by atoms with van der Waals surface area (Å²) in [4.78, 5) is 4.58. The number of nitrogens with one attached hydrogen (secondary N) is 1. The number of nitrogens with zero attached hydrogens (tertiary/aromatic N) is 2. The largest absolute Gasteiger partial charge is 0.349 e. The summed E-state index contributed by atoms with van der Waals surface area (Å²) in [5.74, 6) is 0.684. The van der Waals surface area contributed by atoms with Crippen molar-refractivity contribution in [1.82, 2.24) is 9.55 Å². The zero-order chi connectivity index (χ0) is 14.8. The molecular weight excluding hydrogens is 265 g/mol. The normalized spacial score (nSPS) is 17.1. The van der Waals surface area contributed by atoms with Crippen LogP contribution in [-0.4, -0.2) is 9.55 Å². The molecule has 1 saturated carbocycles. The lowest BCUT2D eigenvalue weighted by Gasteiger charge is -2.20. The van der Waals surface area contributed by atoms with E-state index >= 15 is 0 Å². The van der Waals surface area contributed by atoms with Crippen LogP contribution in [0.5, 0.6) is 0 Å². The van der Waals surface area contributed by atoms with Crippen LogP contribution in [0.1, 0.15) is 55.9 Å². The van der Waals surface area contributed by atoms with Crippen LogP contribution in [0.4, 0.5) is 10.3 Å². The van der Waals surface area contributed by atoms with E-state index in [1.807, 2.05) is 26.0 Å². The topological polar surface area (TPSA) is 29.9 Å². The first kappa shape index (κ1) is 14.1. The predicted octanol–water partition coefficient (Wildman–Crippen LogP) is 4.62. The number of halogens is 1. The lowest BCUT2D eigenvalue weighted by Crippen LogP contribution is -2.14. The van der Waals surface area contributed by atoms with E-state index in [0.717, 1.165) is 11.6 Å². The summed E-state index contributed by atoms with van der Waals surface area (Å²) in [6.45, 7) is 3.98. The molecule has 1 aromatic heterocycles. The van der Waals surface area contributed by atoms with Crippen LogP contribution >= 0.6 is 0 Å². The van der Waals surface area contributed by atoms with Gasteiger partial charge in [0.05, 0.1) is 11.7 Å². The third-order valence-corrected chi connectivity index (χ3v) is 4.29. The maximum Gasteiger partial charge on any atom is 0.203 e.